The molecule has 0 radical (unpaired) electrons. The maximum atomic E-state index is 13.1. The summed E-state index contributed by atoms with van der Waals surface area (Å²) in [5, 5.41) is 5.92. The first-order chi connectivity index (χ1) is 17.0. The molecule has 1 N–H and O–H groups in total. The summed E-state index contributed by atoms with van der Waals surface area (Å²) in [6.07, 6.45) is 4.59. The number of carbonyl (C=O) groups excluding carboxylic acids is 2. The lowest BCUT2D eigenvalue weighted by Gasteiger charge is -2.22. The Morgan fingerprint density at radius 3 is 2.77 bits per heavy atom. The van der Waals surface area contributed by atoms with Crippen molar-refractivity contribution < 1.29 is 9.59 Å². The van der Waals surface area contributed by atoms with Gasteiger partial charge in [-0.25, -0.2) is 4.98 Å². The summed E-state index contributed by atoms with van der Waals surface area (Å²) in [4.78, 5) is 36.6. The Kier molecular flexibility index (Phi) is 6.42. The molecule has 35 heavy (non-hydrogen) atoms. The highest BCUT2D eigenvalue weighted by atomic mass is 32.1. The first-order valence-electron chi connectivity index (χ1n) is 11.7. The van der Waals surface area contributed by atoms with Gasteiger partial charge >= 0.3 is 0 Å². The number of nitrogens with zero attached hydrogens (tertiary/aromatic N) is 3. The molecule has 0 spiro atoms. The number of para-hydroxylation sites is 1. The summed E-state index contributed by atoms with van der Waals surface area (Å²) in [5.74, 6) is -0.542. The van der Waals surface area contributed by atoms with E-state index in [0.717, 1.165) is 45.1 Å². The van der Waals surface area contributed by atoms with Crippen LogP contribution in [0.3, 0.4) is 0 Å². The number of thiazole rings is 1. The second-order valence-corrected chi connectivity index (χ2v) is 9.55. The van der Waals surface area contributed by atoms with Crippen molar-refractivity contribution >= 4 is 34.5 Å². The second-order valence-electron chi connectivity index (χ2n) is 8.69. The SMILES string of the molecule is CCc1cccc(C)c1N1CC(C(=O)Nc2cccc(-c3csc(-c4cccnc4)n3)c2)CC1=O. The molecule has 1 fully saturated rings. The molecule has 7 heteroatoms. The van der Waals surface area contributed by atoms with Crippen molar-refractivity contribution in [2.24, 2.45) is 5.92 Å². The molecule has 1 saturated heterocycles. The molecule has 1 aliphatic rings. The summed E-state index contributed by atoms with van der Waals surface area (Å²) < 4.78 is 0. The number of hydrogen-bond acceptors (Lipinski definition) is 5. The van der Waals surface area contributed by atoms with Crippen LogP contribution < -0.4 is 10.2 Å². The molecule has 1 aliphatic heterocycles. The van der Waals surface area contributed by atoms with Gasteiger partial charge in [0.05, 0.1) is 11.6 Å². The van der Waals surface area contributed by atoms with Gasteiger partial charge in [-0.2, -0.15) is 0 Å². The molecule has 0 aliphatic carbocycles. The van der Waals surface area contributed by atoms with Crippen LogP contribution in [0.1, 0.15) is 24.5 Å². The third-order valence-corrected chi connectivity index (χ3v) is 7.20. The topological polar surface area (TPSA) is 75.2 Å². The van der Waals surface area contributed by atoms with Gasteiger partial charge in [-0.1, -0.05) is 37.3 Å². The van der Waals surface area contributed by atoms with Crippen LogP contribution in [-0.4, -0.2) is 28.3 Å². The summed E-state index contributed by atoms with van der Waals surface area (Å²) in [5.41, 5.74) is 6.57. The highest BCUT2D eigenvalue weighted by Crippen LogP contribution is 2.33. The zero-order valence-corrected chi connectivity index (χ0v) is 20.5. The molecule has 0 saturated carbocycles. The molecule has 2 aromatic heterocycles. The van der Waals surface area contributed by atoms with Gasteiger partial charge in [0.15, 0.2) is 0 Å². The van der Waals surface area contributed by atoms with Gasteiger partial charge in [-0.3, -0.25) is 14.6 Å². The summed E-state index contributed by atoms with van der Waals surface area (Å²) in [7, 11) is 0. The van der Waals surface area contributed by atoms with E-state index >= 15 is 0 Å². The van der Waals surface area contributed by atoms with Crippen molar-refractivity contribution in [3.8, 4) is 21.8 Å². The number of nitrogens with one attached hydrogen (secondary N) is 1. The lowest BCUT2D eigenvalue weighted by atomic mass is 10.0. The Hall–Kier alpha value is -3.84. The van der Waals surface area contributed by atoms with E-state index in [1.807, 2.05) is 66.9 Å². The smallest absolute Gasteiger partial charge is 0.229 e. The van der Waals surface area contributed by atoms with Crippen LogP contribution in [0.2, 0.25) is 0 Å². The molecule has 2 amide bonds. The van der Waals surface area contributed by atoms with Crippen LogP contribution >= 0.6 is 11.3 Å². The van der Waals surface area contributed by atoms with Gasteiger partial charge in [-0.15, -0.1) is 11.3 Å². The van der Waals surface area contributed by atoms with E-state index in [2.05, 4.69) is 17.2 Å². The maximum Gasteiger partial charge on any atom is 0.229 e. The average molecular weight is 483 g/mol. The Labute approximate surface area is 208 Å². The molecule has 176 valence electrons. The second kappa shape index (κ2) is 9.80. The first-order valence-corrected chi connectivity index (χ1v) is 12.6. The van der Waals surface area contributed by atoms with Crippen LogP contribution in [0.5, 0.6) is 0 Å². The molecule has 2 aromatic carbocycles. The fourth-order valence-corrected chi connectivity index (χ4v) is 5.34. The van der Waals surface area contributed by atoms with Crippen molar-refractivity contribution in [1.82, 2.24) is 9.97 Å². The lowest BCUT2D eigenvalue weighted by molar-refractivity contribution is -0.122. The van der Waals surface area contributed by atoms with Gasteiger partial charge in [0.2, 0.25) is 11.8 Å². The minimum Gasteiger partial charge on any atom is -0.326 e. The molecule has 3 heterocycles. The summed E-state index contributed by atoms with van der Waals surface area (Å²) >= 11 is 1.56. The summed E-state index contributed by atoms with van der Waals surface area (Å²) in [6, 6.07) is 17.6. The van der Waals surface area contributed by atoms with Crippen LogP contribution in [0.15, 0.2) is 72.4 Å². The number of benzene rings is 2. The first kappa shape index (κ1) is 22.9. The van der Waals surface area contributed by atoms with Gasteiger partial charge < -0.3 is 10.2 Å². The molecule has 0 bridgehead atoms. The normalized spacial score (nSPS) is 15.4. The largest absolute Gasteiger partial charge is 0.326 e. The fourth-order valence-electron chi connectivity index (χ4n) is 4.52. The number of hydrogen-bond donors (Lipinski definition) is 1. The number of aryl methyl sites for hydroxylation is 2. The third-order valence-electron chi connectivity index (χ3n) is 6.31. The Morgan fingerprint density at radius 1 is 1.14 bits per heavy atom. The van der Waals surface area contributed by atoms with Gasteiger partial charge in [-0.05, 0) is 48.7 Å². The molecule has 5 rings (SSSR count). The Bertz CT molecular complexity index is 1380. The van der Waals surface area contributed by atoms with Crippen LogP contribution in [-0.2, 0) is 16.0 Å². The average Bonchev–Trinajstić information content (AvgIpc) is 3.52. The Morgan fingerprint density at radius 2 is 1.97 bits per heavy atom. The van der Waals surface area contributed by atoms with Crippen LogP contribution in [0.25, 0.3) is 21.8 Å². The van der Waals surface area contributed by atoms with E-state index in [9.17, 15) is 9.59 Å². The fraction of sp³-hybridized carbons (Fsp3) is 0.214. The standard InChI is InChI=1S/C28H26N4O2S/c1-3-19-8-4-7-18(2)26(19)32-16-22(14-25(32)33)27(34)30-23-11-5-9-20(13-23)24-17-35-28(31-24)21-10-6-12-29-15-21/h4-13,15,17,22H,3,14,16H2,1-2H3,(H,30,34). The molecule has 1 unspecified atom stereocenters. The van der Waals surface area contributed by atoms with E-state index in [4.69, 9.17) is 4.98 Å². The van der Waals surface area contributed by atoms with Gasteiger partial charge in [0.25, 0.3) is 0 Å². The monoisotopic (exact) mass is 482 g/mol. The van der Waals surface area contributed by atoms with E-state index in [1.165, 1.54) is 0 Å². The quantitative estimate of drug-likeness (QED) is 0.381. The van der Waals surface area contributed by atoms with Crippen molar-refractivity contribution in [2.75, 3.05) is 16.8 Å². The zero-order valence-electron chi connectivity index (χ0n) is 19.7. The molecule has 6 nitrogen and oxygen atoms in total. The van der Waals surface area contributed by atoms with Crippen LogP contribution in [0.4, 0.5) is 11.4 Å². The Balaban J connectivity index is 1.31. The van der Waals surface area contributed by atoms with Crippen LogP contribution in [0, 0.1) is 12.8 Å². The van der Waals surface area contributed by atoms with Crippen molar-refractivity contribution in [3.05, 3.63) is 83.5 Å². The van der Waals surface area contributed by atoms with Crippen molar-refractivity contribution in [1.29, 1.82) is 0 Å². The molecular weight excluding hydrogens is 456 g/mol. The molecule has 4 aromatic rings. The highest BCUT2D eigenvalue weighted by molar-refractivity contribution is 7.13. The van der Waals surface area contributed by atoms with E-state index in [0.29, 0.717) is 12.2 Å². The van der Waals surface area contributed by atoms with Crippen molar-refractivity contribution in [2.45, 2.75) is 26.7 Å². The molecular formula is C28H26N4O2S. The zero-order chi connectivity index (χ0) is 24.4. The van der Waals surface area contributed by atoms with E-state index in [-0.39, 0.29) is 18.2 Å². The molecule has 1 atom stereocenters. The number of aromatic nitrogens is 2. The number of anilines is 2. The number of rotatable bonds is 6. The van der Waals surface area contributed by atoms with Gasteiger partial charge in [0, 0.05) is 53.2 Å². The lowest BCUT2D eigenvalue weighted by Crippen LogP contribution is -2.29. The van der Waals surface area contributed by atoms with Crippen molar-refractivity contribution in [3.63, 3.8) is 0 Å². The van der Waals surface area contributed by atoms with E-state index in [1.54, 1.807) is 28.6 Å². The highest BCUT2D eigenvalue weighted by Gasteiger charge is 2.36. The maximum absolute atomic E-state index is 13.1. The number of carbonyl (C=O) groups is 2. The minimum absolute atomic E-state index is 0.00620. The summed E-state index contributed by atoms with van der Waals surface area (Å²) in [6.45, 7) is 4.49. The third kappa shape index (κ3) is 4.72. The number of pyridine rings is 1. The predicted molar refractivity (Wildman–Crippen MR) is 140 cm³/mol. The minimum atomic E-state index is -0.396. The predicted octanol–water partition coefficient (Wildman–Crippen LogP) is 5.73. The van der Waals surface area contributed by atoms with E-state index < -0.39 is 5.92 Å². The number of amides is 2. The van der Waals surface area contributed by atoms with Gasteiger partial charge in [0.1, 0.15) is 5.01 Å².